The highest BCUT2D eigenvalue weighted by molar-refractivity contribution is 6.30. The van der Waals surface area contributed by atoms with Crippen LogP contribution in [0.5, 0.6) is 5.75 Å². The predicted molar refractivity (Wildman–Crippen MR) is 144 cm³/mol. The molecule has 2 bridgehead atoms. The highest BCUT2D eigenvalue weighted by Gasteiger charge is 2.61. The molecule has 1 saturated heterocycles. The van der Waals surface area contributed by atoms with Gasteiger partial charge in [0.15, 0.2) is 5.78 Å². The largest absolute Gasteiger partial charge is 0.423 e. The summed E-state index contributed by atoms with van der Waals surface area (Å²) in [7, 11) is 0. The molecule has 2 fully saturated rings. The number of hydrogen-bond acceptors (Lipinski definition) is 6. The average molecular weight is 555 g/mol. The standard InChI is InChI=1S/C31H23ClN2O6/c32-23-12-8-19(9-13-23)28(36)33(34-29(37)26-21-6-7-22(16-21)27(26)30(34)38)17-25(35)18-10-14-24(15-11-18)40-31(39)20-4-2-1-3-5-20/h1-15,21-22,26-27H,16-17H2/t21-,22-,26-,27+/m0/s1. The average Bonchev–Trinajstić information content (AvgIpc) is 3.66. The molecule has 1 aliphatic heterocycles. The number of esters is 1. The van der Waals surface area contributed by atoms with Crippen molar-refractivity contribution >= 4 is 41.1 Å². The van der Waals surface area contributed by atoms with Gasteiger partial charge in [0, 0.05) is 16.1 Å². The number of nitrogens with zero attached hydrogens (tertiary/aromatic N) is 2. The normalized spacial score (nSPS) is 22.4. The summed E-state index contributed by atoms with van der Waals surface area (Å²) in [5, 5.41) is 2.22. The van der Waals surface area contributed by atoms with Crippen LogP contribution in [0.2, 0.25) is 5.02 Å². The molecule has 3 aromatic rings. The van der Waals surface area contributed by atoms with Gasteiger partial charge in [0.25, 0.3) is 17.7 Å². The Kier molecular flexibility index (Phi) is 6.56. The number of Topliss-reactive ketones (excluding diaryl/α,β-unsaturated/α-hetero) is 1. The first-order valence-electron chi connectivity index (χ1n) is 12.9. The van der Waals surface area contributed by atoms with Gasteiger partial charge in [-0.15, -0.1) is 0 Å². The number of benzene rings is 3. The maximum atomic E-state index is 13.6. The number of hydrazine groups is 1. The fourth-order valence-electron chi connectivity index (χ4n) is 5.78. The lowest BCUT2D eigenvalue weighted by Gasteiger charge is -2.30. The fourth-order valence-corrected chi connectivity index (χ4v) is 5.90. The molecular weight excluding hydrogens is 532 g/mol. The third-order valence-electron chi connectivity index (χ3n) is 7.70. The number of halogens is 1. The minimum Gasteiger partial charge on any atom is -0.423 e. The molecular formula is C31H23ClN2O6. The first kappa shape index (κ1) is 25.7. The zero-order valence-corrected chi connectivity index (χ0v) is 21.9. The minimum absolute atomic E-state index is 0.0502. The first-order valence-corrected chi connectivity index (χ1v) is 13.2. The Balaban J connectivity index is 1.24. The summed E-state index contributed by atoms with van der Waals surface area (Å²) < 4.78 is 5.37. The number of carbonyl (C=O) groups is 5. The molecule has 8 nitrogen and oxygen atoms in total. The Morgan fingerprint density at radius 3 is 1.95 bits per heavy atom. The molecule has 0 aromatic heterocycles. The summed E-state index contributed by atoms with van der Waals surface area (Å²) >= 11 is 5.98. The summed E-state index contributed by atoms with van der Waals surface area (Å²) in [6, 6.07) is 20.4. The lowest BCUT2D eigenvalue weighted by atomic mass is 9.85. The van der Waals surface area contributed by atoms with Gasteiger partial charge in [-0.25, -0.2) is 9.80 Å². The van der Waals surface area contributed by atoms with E-state index in [2.05, 4.69) is 0 Å². The molecule has 0 radical (unpaired) electrons. The molecule has 40 heavy (non-hydrogen) atoms. The maximum absolute atomic E-state index is 13.6. The van der Waals surface area contributed by atoms with Gasteiger partial charge >= 0.3 is 5.97 Å². The van der Waals surface area contributed by atoms with E-state index in [1.54, 1.807) is 30.3 Å². The monoisotopic (exact) mass is 554 g/mol. The van der Waals surface area contributed by atoms with E-state index >= 15 is 0 Å². The second-order valence-corrected chi connectivity index (χ2v) is 10.5. The zero-order valence-electron chi connectivity index (χ0n) is 21.1. The van der Waals surface area contributed by atoms with Gasteiger partial charge in [0.05, 0.1) is 17.4 Å². The van der Waals surface area contributed by atoms with E-state index in [1.165, 1.54) is 48.5 Å². The van der Waals surface area contributed by atoms with Crippen LogP contribution in [-0.4, -0.2) is 46.0 Å². The number of ether oxygens (including phenoxy) is 1. The molecule has 6 rings (SSSR count). The number of ketones is 1. The van der Waals surface area contributed by atoms with Gasteiger partial charge in [-0.1, -0.05) is 42.0 Å². The van der Waals surface area contributed by atoms with Crippen molar-refractivity contribution in [3.8, 4) is 5.75 Å². The lowest BCUT2D eigenvalue weighted by molar-refractivity contribution is -0.154. The smallest absolute Gasteiger partial charge is 0.343 e. The second kappa shape index (κ2) is 10.2. The van der Waals surface area contributed by atoms with Crippen LogP contribution >= 0.6 is 11.6 Å². The highest BCUT2D eigenvalue weighted by Crippen LogP contribution is 2.52. The zero-order chi connectivity index (χ0) is 28.0. The predicted octanol–water partition coefficient (Wildman–Crippen LogP) is 4.61. The van der Waals surface area contributed by atoms with E-state index < -0.39 is 47.9 Å². The van der Waals surface area contributed by atoms with Crippen molar-refractivity contribution in [3.63, 3.8) is 0 Å². The maximum Gasteiger partial charge on any atom is 0.343 e. The van der Waals surface area contributed by atoms with Crippen molar-refractivity contribution in [2.24, 2.45) is 23.7 Å². The number of rotatable bonds is 7. The first-order chi connectivity index (χ1) is 19.3. The Morgan fingerprint density at radius 1 is 0.775 bits per heavy atom. The van der Waals surface area contributed by atoms with E-state index in [-0.39, 0.29) is 28.7 Å². The van der Waals surface area contributed by atoms with E-state index in [0.717, 1.165) is 16.4 Å². The Morgan fingerprint density at radius 2 is 1.35 bits per heavy atom. The molecule has 0 spiro atoms. The van der Waals surface area contributed by atoms with Gasteiger partial charge < -0.3 is 4.74 Å². The number of imide groups is 1. The SMILES string of the molecule is O=C(CN(C(=O)c1ccc(Cl)cc1)N1C(=O)[C@@H]2[C@H](C1=O)[C@H]1C=C[C@H]2C1)c1ccc(OC(=O)c2ccccc2)cc1. The number of carbonyl (C=O) groups excluding carboxylic acids is 5. The van der Waals surface area contributed by atoms with E-state index in [9.17, 15) is 24.0 Å². The minimum atomic E-state index is -0.666. The second-order valence-electron chi connectivity index (χ2n) is 10.1. The summed E-state index contributed by atoms with van der Waals surface area (Å²) in [4.78, 5) is 66.3. The molecule has 1 saturated carbocycles. The van der Waals surface area contributed by atoms with Crippen LogP contribution < -0.4 is 4.74 Å². The third-order valence-corrected chi connectivity index (χ3v) is 7.96. The molecule has 4 atom stereocenters. The van der Waals surface area contributed by atoms with Crippen molar-refractivity contribution in [3.05, 3.63) is 113 Å². The van der Waals surface area contributed by atoms with Crippen molar-refractivity contribution < 1.29 is 28.7 Å². The molecule has 3 amide bonds. The summed E-state index contributed by atoms with van der Waals surface area (Å²) in [5.74, 6) is -3.57. The van der Waals surface area contributed by atoms with Crippen LogP contribution in [0.1, 0.15) is 37.5 Å². The molecule has 3 aromatic carbocycles. The van der Waals surface area contributed by atoms with Crippen molar-refractivity contribution in [2.45, 2.75) is 6.42 Å². The van der Waals surface area contributed by atoms with Crippen molar-refractivity contribution in [1.29, 1.82) is 0 Å². The number of fused-ring (bicyclic) bond motifs is 5. The topological polar surface area (TPSA) is 101 Å². The fraction of sp³-hybridized carbons (Fsp3) is 0.194. The third kappa shape index (κ3) is 4.50. The quantitative estimate of drug-likeness (QED) is 0.139. The van der Waals surface area contributed by atoms with Crippen LogP contribution in [0.25, 0.3) is 0 Å². The van der Waals surface area contributed by atoms with E-state index in [4.69, 9.17) is 16.3 Å². The number of amides is 3. The highest BCUT2D eigenvalue weighted by atomic mass is 35.5. The van der Waals surface area contributed by atoms with Gasteiger partial charge in [-0.2, -0.15) is 5.01 Å². The van der Waals surface area contributed by atoms with Gasteiger partial charge in [0.1, 0.15) is 12.3 Å². The van der Waals surface area contributed by atoms with Crippen LogP contribution in [0.15, 0.2) is 91.0 Å². The van der Waals surface area contributed by atoms with Crippen LogP contribution in [-0.2, 0) is 9.59 Å². The van der Waals surface area contributed by atoms with E-state index in [1.807, 2.05) is 12.2 Å². The molecule has 0 N–H and O–H groups in total. The molecule has 1 heterocycles. The van der Waals surface area contributed by atoms with Gasteiger partial charge in [-0.3, -0.25) is 19.2 Å². The number of allylic oxidation sites excluding steroid dienone is 2. The summed E-state index contributed by atoms with van der Waals surface area (Å²) in [5.41, 5.74) is 0.779. The molecule has 2 aliphatic carbocycles. The lowest BCUT2D eigenvalue weighted by Crippen LogP contribution is -2.52. The van der Waals surface area contributed by atoms with Crippen molar-refractivity contribution in [1.82, 2.24) is 10.0 Å². The summed E-state index contributed by atoms with van der Waals surface area (Å²) in [6.07, 6.45) is 4.66. The van der Waals surface area contributed by atoms with Crippen molar-refractivity contribution in [2.75, 3.05) is 6.54 Å². The van der Waals surface area contributed by atoms with Crippen LogP contribution in [0.3, 0.4) is 0 Å². The Labute approximate surface area is 234 Å². The molecule has 3 aliphatic rings. The van der Waals surface area contributed by atoms with E-state index in [0.29, 0.717) is 10.6 Å². The molecule has 9 heteroatoms. The van der Waals surface area contributed by atoms with Gasteiger partial charge in [-0.05, 0) is 78.9 Å². The van der Waals surface area contributed by atoms with Crippen LogP contribution in [0.4, 0.5) is 0 Å². The summed E-state index contributed by atoms with van der Waals surface area (Å²) in [6.45, 7) is -0.537. The number of hydrogen-bond donors (Lipinski definition) is 0. The Hall–Kier alpha value is -4.56. The molecule has 200 valence electrons. The molecule has 0 unspecified atom stereocenters. The Bertz CT molecular complexity index is 1520. The van der Waals surface area contributed by atoms with Crippen LogP contribution in [0, 0.1) is 23.7 Å². The van der Waals surface area contributed by atoms with Gasteiger partial charge in [0.2, 0.25) is 0 Å².